The molecular formula is C9H12N2O. The van der Waals surface area contributed by atoms with Gasteiger partial charge in [0.25, 0.3) is 0 Å². The highest BCUT2D eigenvalue weighted by Crippen LogP contribution is 2.19. The highest BCUT2D eigenvalue weighted by Gasteiger charge is 2.13. The van der Waals surface area contributed by atoms with E-state index >= 15 is 0 Å². The van der Waals surface area contributed by atoms with E-state index in [0.717, 1.165) is 24.2 Å². The molecule has 0 amide bonds. The molecule has 3 nitrogen and oxygen atoms in total. The number of rotatable bonds is 0. The lowest BCUT2D eigenvalue weighted by Gasteiger charge is -2.09. The summed E-state index contributed by atoms with van der Waals surface area (Å²) < 4.78 is 1.69. The normalized spacial score (nSPS) is 15.7. The van der Waals surface area contributed by atoms with Crippen molar-refractivity contribution >= 4 is 6.08 Å². The second kappa shape index (κ2) is 2.37. The molecule has 0 radical (unpaired) electrons. The van der Waals surface area contributed by atoms with Crippen LogP contribution in [0.1, 0.15) is 24.7 Å². The smallest absolute Gasteiger partial charge is 0.306 e. The number of H-pyrrole nitrogens is 1. The van der Waals surface area contributed by atoms with Crippen molar-refractivity contribution in [2.75, 3.05) is 0 Å². The number of aromatic amines is 1. The first kappa shape index (κ1) is 7.40. The molecule has 0 unspecified atom stereocenters. The molecule has 0 spiro atoms. The van der Waals surface area contributed by atoms with Crippen LogP contribution in [-0.2, 0) is 13.5 Å². The summed E-state index contributed by atoms with van der Waals surface area (Å²) in [5.41, 5.74) is 3.45. The topological polar surface area (TPSA) is 37.8 Å². The molecule has 0 bridgehead atoms. The van der Waals surface area contributed by atoms with Gasteiger partial charge < -0.3 is 4.98 Å². The van der Waals surface area contributed by atoms with E-state index in [-0.39, 0.29) is 5.69 Å². The van der Waals surface area contributed by atoms with E-state index in [9.17, 15) is 4.79 Å². The molecule has 1 aliphatic carbocycles. The first-order valence-corrected chi connectivity index (χ1v) is 4.13. The van der Waals surface area contributed by atoms with Crippen molar-refractivity contribution in [3.8, 4) is 0 Å². The van der Waals surface area contributed by atoms with E-state index in [1.54, 1.807) is 4.57 Å². The predicted octanol–water partition coefficient (Wildman–Crippen LogP) is 1.06. The van der Waals surface area contributed by atoms with Crippen molar-refractivity contribution in [1.29, 1.82) is 0 Å². The van der Waals surface area contributed by atoms with Gasteiger partial charge in [-0.25, -0.2) is 4.79 Å². The molecule has 0 saturated heterocycles. The highest BCUT2D eigenvalue weighted by molar-refractivity contribution is 5.53. The van der Waals surface area contributed by atoms with Gasteiger partial charge in [-0.15, -0.1) is 0 Å². The number of aromatic nitrogens is 2. The number of nitrogens with one attached hydrogen (secondary N) is 1. The van der Waals surface area contributed by atoms with Gasteiger partial charge in [0, 0.05) is 12.7 Å². The highest BCUT2D eigenvalue weighted by atomic mass is 16.1. The van der Waals surface area contributed by atoms with Crippen LogP contribution in [0.25, 0.3) is 6.08 Å². The third-order valence-electron chi connectivity index (χ3n) is 2.41. The maximum Gasteiger partial charge on any atom is 0.325 e. The lowest BCUT2D eigenvalue weighted by Crippen LogP contribution is -2.14. The molecule has 64 valence electrons. The Balaban J connectivity index is 2.65. The van der Waals surface area contributed by atoms with Crippen molar-refractivity contribution in [3.05, 3.63) is 27.4 Å². The van der Waals surface area contributed by atoms with Crippen LogP contribution in [0.2, 0.25) is 0 Å². The van der Waals surface area contributed by atoms with Crippen LogP contribution in [0.4, 0.5) is 0 Å². The zero-order valence-electron chi connectivity index (χ0n) is 7.35. The maximum absolute atomic E-state index is 11.2. The van der Waals surface area contributed by atoms with Crippen LogP contribution < -0.4 is 5.69 Å². The van der Waals surface area contributed by atoms with Crippen LogP contribution in [-0.4, -0.2) is 9.55 Å². The molecule has 0 aromatic carbocycles. The van der Waals surface area contributed by atoms with E-state index in [2.05, 4.69) is 18.0 Å². The van der Waals surface area contributed by atoms with Gasteiger partial charge in [0.2, 0.25) is 0 Å². The van der Waals surface area contributed by atoms with Gasteiger partial charge in [0.1, 0.15) is 0 Å². The van der Waals surface area contributed by atoms with Crippen molar-refractivity contribution < 1.29 is 0 Å². The van der Waals surface area contributed by atoms with Gasteiger partial charge in [-0.1, -0.05) is 5.57 Å². The molecule has 0 atom stereocenters. The summed E-state index contributed by atoms with van der Waals surface area (Å²) in [4.78, 5) is 14.0. The fraction of sp³-hybridized carbons (Fsp3) is 0.444. The number of allylic oxidation sites excluding steroid dienone is 1. The second-order valence-electron chi connectivity index (χ2n) is 3.34. The Morgan fingerprint density at radius 2 is 2.25 bits per heavy atom. The van der Waals surface area contributed by atoms with E-state index in [4.69, 9.17) is 0 Å². The number of fused-ring (bicyclic) bond motifs is 1. The van der Waals surface area contributed by atoms with Crippen LogP contribution in [0.15, 0.2) is 10.4 Å². The summed E-state index contributed by atoms with van der Waals surface area (Å²) in [6.07, 6.45) is 4.10. The van der Waals surface area contributed by atoms with Crippen LogP contribution in [0, 0.1) is 0 Å². The molecule has 12 heavy (non-hydrogen) atoms. The molecule has 1 aromatic heterocycles. The van der Waals surface area contributed by atoms with Crippen molar-refractivity contribution in [1.82, 2.24) is 9.55 Å². The summed E-state index contributed by atoms with van der Waals surface area (Å²) in [6, 6.07) is 0. The van der Waals surface area contributed by atoms with Gasteiger partial charge in [0.05, 0.1) is 5.69 Å². The molecule has 2 rings (SSSR count). The minimum atomic E-state index is -0.00838. The number of imidazole rings is 1. The quantitative estimate of drug-likeness (QED) is 0.611. The molecular weight excluding hydrogens is 152 g/mol. The van der Waals surface area contributed by atoms with Gasteiger partial charge in [-0.05, 0) is 25.8 Å². The van der Waals surface area contributed by atoms with E-state index in [0.29, 0.717) is 0 Å². The minimum Gasteiger partial charge on any atom is -0.306 e. The Morgan fingerprint density at radius 3 is 3.00 bits per heavy atom. The van der Waals surface area contributed by atoms with Gasteiger partial charge in [0.15, 0.2) is 0 Å². The molecule has 0 saturated carbocycles. The first-order chi connectivity index (χ1) is 5.68. The fourth-order valence-corrected chi connectivity index (χ4v) is 1.63. The van der Waals surface area contributed by atoms with Crippen LogP contribution in [0.3, 0.4) is 0 Å². The molecule has 1 heterocycles. The van der Waals surface area contributed by atoms with Gasteiger partial charge in [-0.2, -0.15) is 0 Å². The summed E-state index contributed by atoms with van der Waals surface area (Å²) in [5, 5.41) is 0. The SMILES string of the molecule is CC1=Cc2[nH]c(=O)n(C)c2CC1. The van der Waals surface area contributed by atoms with Crippen molar-refractivity contribution in [2.24, 2.45) is 7.05 Å². The number of hydrogen-bond donors (Lipinski definition) is 1. The first-order valence-electron chi connectivity index (χ1n) is 4.13. The Morgan fingerprint density at radius 1 is 1.50 bits per heavy atom. The Kier molecular flexibility index (Phi) is 1.46. The molecule has 3 heteroatoms. The van der Waals surface area contributed by atoms with Gasteiger partial charge >= 0.3 is 5.69 Å². The second-order valence-corrected chi connectivity index (χ2v) is 3.34. The summed E-state index contributed by atoms with van der Waals surface area (Å²) in [7, 11) is 1.81. The third-order valence-corrected chi connectivity index (χ3v) is 2.41. The average molecular weight is 164 g/mol. The van der Waals surface area contributed by atoms with Gasteiger partial charge in [-0.3, -0.25) is 4.57 Å². The average Bonchev–Trinajstić information content (AvgIpc) is 2.28. The Labute approximate surface area is 70.7 Å². The van der Waals surface area contributed by atoms with Crippen LogP contribution >= 0.6 is 0 Å². The van der Waals surface area contributed by atoms with Crippen LogP contribution in [0.5, 0.6) is 0 Å². The zero-order valence-corrected chi connectivity index (χ0v) is 7.35. The standard InChI is InChI=1S/C9H12N2O/c1-6-3-4-8-7(5-6)10-9(12)11(8)2/h5H,3-4H2,1-2H3,(H,10,12). The molecule has 1 aliphatic rings. The molecule has 1 aromatic rings. The monoisotopic (exact) mass is 164 g/mol. The Bertz CT molecular complexity index is 395. The zero-order chi connectivity index (χ0) is 8.72. The lowest BCUT2D eigenvalue weighted by atomic mass is 10.0. The molecule has 0 fully saturated rings. The van der Waals surface area contributed by atoms with Crippen molar-refractivity contribution in [2.45, 2.75) is 19.8 Å². The Hall–Kier alpha value is -1.25. The predicted molar refractivity (Wildman–Crippen MR) is 48.0 cm³/mol. The molecule has 0 aliphatic heterocycles. The number of hydrogen-bond acceptors (Lipinski definition) is 1. The van der Waals surface area contributed by atoms with E-state index < -0.39 is 0 Å². The molecule has 1 N–H and O–H groups in total. The summed E-state index contributed by atoms with van der Waals surface area (Å²) in [6.45, 7) is 2.09. The maximum atomic E-state index is 11.2. The summed E-state index contributed by atoms with van der Waals surface area (Å²) >= 11 is 0. The number of nitrogens with zero attached hydrogens (tertiary/aromatic N) is 1. The minimum absolute atomic E-state index is 0.00838. The lowest BCUT2D eigenvalue weighted by molar-refractivity contribution is 0.765. The third kappa shape index (κ3) is 0.932. The van der Waals surface area contributed by atoms with E-state index in [1.165, 1.54) is 5.57 Å². The fourth-order valence-electron chi connectivity index (χ4n) is 1.63. The largest absolute Gasteiger partial charge is 0.325 e. The van der Waals surface area contributed by atoms with Crippen molar-refractivity contribution in [3.63, 3.8) is 0 Å². The van der Waals surface area contributed by atoms with E-state index in [1.807, 2.05) is 7.05 Å². The summed E-state index contributed by atoms with van der Waals surface area (Å²) in [5.74, 6) is 0.